The van der Waals surface area contributed by atoms with Crippen LogP contribution in [0.25, 0.3) is 0 Å². The number of nitrogens with zero attached hydrogens (tertiary/aromatic N) is 2. The van der Waals surface area contributed by atoms with Crippen LogP contribution in [0.5, 0.6) is 5.75 Å². The van der Waals surface area contributed by atoms with Gasteiger partial charge < -0.3 is 10.1 Å². The first-order valence-electron chi connectivity index (χ1n) is 12.0. The molecule has 1 atom stereocenters. The van der Waals surface area contributed by atoms with E-state index in [9.17, 15) is 22.4 Å². The average Bonchev–Trinajstić information content (AvgIpc) is 3.66. The molecule has 1 fully saturated rings. The number of anilines is 1. The van der Waals surface area contributed by atoms with Gasteiger partial charge in [0, 0.05) is 29.9 Å². The van der Waals surface area contributed by atoms with Crippen LogP contribution in [-0.2, 0) is 10.3 Å². The molecule has 2 aliphatic rings. The third-order valence-electron chi connectivity index (χ3n) is 6.79. The SMILES string of the molecule is COc1c(F)cc(N2C(=O)C(NC(C)(C)c3ccc(C4CC4)nc3)=CC2c2cc(F)cc(F)c2)c(F)c1F. The molecule has 0 bridgehead atoms. The Balaban J connectivity index is 1.56. The van der Waals surface area contributed by atoms with Gasteiger partial charge >= 0.3 is 0 Å². The zero-order chi connectivity index (χ0) is 27.4. The second-order valence-corrected chi connectivity index (χ2v) is 9.94. The molecular weight excluding hydrogens is 505 g/mol. The molecule has 0 saturated heterocycles. The molecule has 1 aromatic heterocycles. The van der Waals surface area contributed by atoms with Gasteiger partial charge in [0.1, 0.15) is 11.6 Å². The van der Waals surface area contributed by atoms with Crippen molar-refractivity contribution in [2.45, 2.75) is 44.2 Å². The van der Waals surface area contributed by atoms with Crippen LogP contribution in [-0.4, -0.2) is 18.0 Å². The lowest BCUT2D eigenvalue weighted by Crippen LogP contribution is -2.40. The van der Waals surface area contributed by atoms with Gasteiger partial charge in [-0.2, -0.15) is 4.39 Å². The maximum absolute atomic E-state index is 15.1. The highest BCUT2D eigenvalue weighted by atomic mass is 19.2. The summed E-state index contributed by atoms with van der Waals surface area (Å²) in [7, 11) is 0.970. The number of aromatic nitrogens is 1. The largest absolute Gasteiger partial charge is 0.491 e. The number of rotatable bonds is 7. The van der Waals surface area contributed by atoms with Gasteiger partial charge in [-0.15, -0.1) is 0 Å². The number of hydrogen-bond acceptors (Lipinski definition) is 4. The van der Waals surface area contributed by atoms with Crippen molar-refractivity contribution in [3.8, 4) is 5.75 Å². The van der Waals surface area contributed by atoms with Crippen LogP contribution >= 0.6 is 0 Å². The molecule has 5 rings (SSSR count). The van der Waals surface area contributed by atoms with E-state index in [4.69, 9.17) is 0 Å². The van der Waals surface area contributed by atoms with Gasteiger partial charge in [-0.25, -0.2) is 17.6 Å². The van der Waals surface area contributed by atoms with Crippen LogP contribution in [0, 0.1) is 29.1 Å². The first kappa shape index (κ1) is 25.7. The van der Waals surface area contributed by atoms with Crippen LogP contribution in [0.15, 0.2) is 54.4 Å². The van der Waals surface area contributed by atoms with Crippen LogP contribution in [0.1, 0.15) is 55.5 Å². The number of ether oxygens (including phenoxy) is 1. The van der Waals surface area contributed by atoms with Crippen molar-refractivity contribution >= 4 is 11.6 Å². The number of methoxy groups -OCH3 is 1. The summed E-state index contributed by atoms with van der Waals surface area (Å²) < 4.78 is 77.1. The number of nitrogens with one attached hydrogen (secondary N) is 1. The minimum Gasteiger partial charge on any atom is -0.491 e. The van der Waals surface area contributed by atoms with Crippen molar-refractivity contribution in [3.05, 3.63) is 100 Å². The molecule has 2 heterocycles. The fraction of sp³-hybridized carbons (Fsp3) is 0.286. The highest BCUT2D eigenvalue weighted by Crippen LogP contribution is 2.42. The van der Waals surface area contributed by atoms with Gasteiger partial charge in [0.2, 0.25) is 5.82 Å². The number of pyridine rings is 1. The van der Waals surface area contributed by atoms with Crippen molar-refractivity contribution in [2.75, 3.05) is 12.0 Å². The third kappa shape index (κ3) is 4.59. The average molecular weight is 530 g/mol. The molecule has 198 valence electrons. The molecule has 1 aliphatic heterocycles. The molecule has 3 aromatic rings. The summed E-state index contributed by atoms with van der Waals surface area (Å²) >= 11 is 0. The predicted molar refractivity (Wildman–Crippen MR) is 130 cm³/mol. The summed E-state index contributed by atoms with van der Waals surface area (Å²) in [6.45, 7) is 3.59. The number of carbonyl (C=O) groups excluding carboxylic acids is 1. The quantitative estimate of drug-likeness (QED) is 0.294. The topological polar surface area (TPSA) is 54.5 Å². The molecule has 1 unspecified atom stereocenters. The van der Waals surface area contributed by atoms with E-state index in [1.807, 2.05) is 12.1 Å². The molecule has 1 saturated carbocycles. The van der Waals surface area contributed by atoms with Gasteiger partial charge in [0.25, 0.3) is 5.91 Å². The van der Waals surface area contributed by atoms with Crippen molar-refractivity contribution in [1.29, 1.82) is 0 Å². The van der Waals surface area contributed by atoms with E-state index < -0.39 is 58.0 Å². The third-order valence-corrected chi connectivity index (χ3v) is 6.79. The Bertz CT molecular complexity index is 1430. The Hall–Kier alpha value is -3.95. The molecule has 10 heteroatoms. The molecule has 0 radical (unpaired) electrons. The van der Waals surface area contributed by atoms with Gasteiger partial charge in [0.05, 0.1) is 30.1 Å². The summed E-state index contributed by atoms with van der Waals surface area (Å²) in [6, 6.07) is 5.72. The Morgan fingerprint density at radius 3 is 2.26 bits per heavy atom. The zero-order valence-corrected chi connectivity index (χ0v) is 20.8. The Morgan fingerprint density at radius 2 is 1.68 bits per heavy atom. The van der Waals surface area contributed by atoms with E-state index in [1.165, 1.54) is 6.08 Å². The van der Waals surface area contributed by atoms with Gasteiger partial charge in [-0.1, -0.05) is 6.07 Å². The van der Waals surface area contributed by atoms with E-state index in [-0.39, 0.29) is 11.3 Å². The van der Waals surface area contributed by atoms with E-state index in [0.29, 0.717) is 18.1 Å². The fourth-order valence-corrected chi connectivity index (χ4v) is 4.64. The van der Waals surface area contributed by atoms with E-state index in [2.05, 4.69) is 15.0 Å². The summed E-state index contributed by atoms with van der Waals surface area (Å²) in [6.07, 6.45) is 5.22. The second kappa shape index (κ2) is 9.41. The maximum Gasteiger partial charge on any atom is 0.275 e. The smallest absolute Gasteiger partial charge is 0.275 e. The highest BCUT2D eigenvalue weighted by molar-refractivity contribution is 6.09. The molecule has 0 spiro atoms. The minimum absolute atomic E-state index is 0.0491. The predicted octanol–water partition coefficient (Wildman–Crippen LogP) is 6.16. The van der Waals surface area contributed by atoms with Crippen LogP contribution in [0.2, 0.25) is 0 Å². The molecular formula is C28H24F5N3O2. The number of benzene rings is 2. The number of hydrogen-bond donors (Lipinski definition) is 1. The van der Waals surface area contributed by atoms with Crippen LogP contribution < -0.4 is 15.0 Å². The van der Waals surface area contributed by atoms with Gasteiger partial charge in [-0.05, 0) is 62.1 Å². The monoisotopic (exact) mass is 529 g/mol. The summed E-state index contributed by atoms with van der Waals surface area (Å²) in [5.41, 5.74) is 0.0131. The van der Waals surface area contributed by atoms with E-state index in [1.54, 1.807) is 20.0 Å². The standard InChI is InChI=1S/C28H24F5N3O2/c1-28(2,16-6-7-20(34-13-16)14-4-5-14)35-21-12-22(15-8-17(29)10-18(30)9-15)36(27(21)37)23-11-19(31)26(38-3)25(33)24(23)32/h6-14,22,35H,4-5H2,1-3H3. The molecule has 1 amide bonds. The van der Waals surface area contributed by atoms with Crippen molar-refractivity contribution in [1.82, 2.24) is 10.3 Å². The van der Waals surface area contributed by atoms with Crippen molar-refractivity contribution in [2.24, 2.45) is 0 Å². The molecule has 2 aromatic carbocycles. The Kier molecular flexibility index (Phi) is 6.36. The number of amides is 1. The van der Waals surface area contributed by atoms with Crippen molar-refractivity contribution < 1.29 is 31.5 Å². The number of halogens is 5. The molecule has 5 nitrogen and oxygen atoms in total. The first-order chi connectivity index (χ1) is 18.0. The van der Waals surface area contributed by atoms with E-state index >= 15 is 4.39 Å². The molecule has 38 heavy (non-hydrogen) atoms. The molecule has 1 N–H and O–H groups in total. The second-order valence-electron chi connectivity index (χ2n) is 9.94. The summed E-state index contributed by atoms with van der Waals surface area (Å²) in [5, 5.41) is 3.09. The fourth-order valence-electron chi connectivity index (χ4n) is 4.64. The lowest BCUT2D eigenvalue weighted by atomic mass is 9.95. The lowest BCUT2D eigenvalue weighted by molar-refractivity contribution is -0.115. The van der Waals surface area contributed by atoms with Crippen LogP contribution in [0.3, 0.4) is 0 Å². The van der Waals surface area contributed by atoms with Crippen molar-refractivity contribution in [3.63, 3.8) is 0 Å². The van der Waals surface area contributed by atoms with E-state index in [0.717, 1.165) is 48.2 Å². The normalized spacial score (nSPS) is 17.6. The van der Waals surface area contributed by atoms with Gasteiger partial charge in [0.15, 0.2) is 17.4 Å². The minimum atomic E-state index is -1.64. The maximum atomic E-state index is 15.1. The first-order valence-corrected chi connectivity index (χ1v) is 12.0. The summed E-state index contributed by atoms with van der Waals surface area (Å²) in [5.74, 6) is -7.65. The van der Waals surface area contributed by atoms with Gasteiger partial charge in [-0.3, -0.25) is 14.7 Å². The zero-order valence-electron chi connectivity index (χ0n) is 20.8. The number of carbonyl (C=O) groups is 1. The lowest BCUT2D eigenvalue weighted by Gasteiger charge is -2.29. The summed E-state index contributed by atoms with van der Waals surface area (Å²) in [4.78, 5) is 18.9. The Morgan fingerprint density at radius 1 is 1.00 bits per heavy atom. The highest BCUT2D eigenvalue weighted by Gasteiger charge is 2.40. The van der Waals surface area contributed by atoms with Crippen LogP contribution in [0.4, 0.5) is 27.6 Å². The Labute approximate surface area is 215 Å². The molecule has 1 aliphatic carbocycles.